The molecule has 2 aromatic heterocycles. The van der Waals surface area contributed by atoms with E-state index in [0.29, 0.717) is 31.3 Å². The summed E-state index contributed by atoms with van der Waals surface area (Å²) in [6, 6.07) is 13.2. The highest BCUT2D eigenvalue weighted by Gasteiger charge is 2.37. The third-order valence-corrected chi connectivity index (χ3v) is 5.80. The third-order valence-electron chi connectivity index (χ3n) is 5.80. The van der Waals surface area contributed by atoms with E-state index >= 15 is 0 Å². The molecule has 2 aliphatic heterocycles. The van der Waals surface area contributed by atoms with Crippen molar-refractivity contribution >= 4 is 16.9 Å². The van der Waals surface area contributed by atoms with Gasteiger partial charge in [0.25, 0.3) is 11.5 Å². The first kappa shape index (κ1) is 15.4. The van der Waals surface area contributed by atoms with Gasteiger partial charge in [0.1, 0.15) is 5.58 Å². The second kappa shape index (κ2) is 5.59. The smallest absolute Gasteiger partial charge is 0.289 e. The molecule has 0 aliphatic carbocycles. The van der Waals surface area contributed by atoms with Crippen LogP contribution >= 0.6 is 0 Å². The van der Waals surface area contributed by atoms with Crippen LogP contribution in [0.25, 0.3) is 11.0 Å². The van der Waals surface area contributed by atoms with Crippen LogP contribution in [0.4, 0.5) is 0 Å². The first-order chi connectivity index (χ1) is 12.6. The molecule has 1 amide bonds. The lowest BCUT2D eigenvalue weighted by molar-refractivity contribution is 0.0565. The Morgan fingerprint density at radius 1 is 1.08 bits per heavy atom. The van der Waals surface area contributed by atoms with Crippen molar-refractivity contribution in [2.75, 3.05) is 13.1 Å². The number of pyridine rings is 1. The van der Waals surface area contributed by atoms with Crippen molar-refractivity contribution in [2.45, 2.75) is 25.8 Å². The number of likely N-dealkylation sites (tertiary alicyclic amines) is 1. The third kappa shape index (κ3) is 2.23. The van der Waals surface area contributed by atoms with E-state index in [9.17, 15) is 9.59 Å². The number of nitrogens with zero attached hydrogens (tertiary/aromatic N) is 2. The highest BCUT2D eigenvalue weighted by atomic mass is 16.3. The maximum absolute atomic E-state index is 13.2. The number of aryl methyl sites for hydroxylation is 1. The summed E-state index contributed by atoms with van der Waals surface area (Å²) >= 11 is 0. The molecule has 2 bridgehead atoms. The summed E-state index contributed by atoms with van der Waals surface area (Å²) in [6.45, 7) is 3.94. The number of fused-ring (bicyclic) bond motifs is 5. The van der Waals surface area contributed by atoms with Crippen LogP contribution in [0.2, 0.25) is 0 Å². The summed E-state index contributed by atoms with van der Waals surface area (Å²) in [5.74, 6) is 0.928. The van der Waals surface area contributed by atoms with Crippen molar-refractivity contribution < 1.29 is 9.21 Å². The lowest BCUT2D eigenvalue weighted by Gasteiger charge is -2.42. The van der Waals surface area contributed by atoms with E-state index in [1.54, 1.807) is 6.07 Å². The standard InChI is InChI=1S/C21H20N2O3/c1-13-16-5-2-3-7-18(16)26-20(13)21(25)22-10-14-9-15(12-22)17-6-4-8-19(24)23(17)11-14/h2-8,14-15H,9-12H2,1H3. The Hall–Kier alpha value is -2.82. The Kier molecular flexibility index (Phi) is 3.32. The zero-order valence-electron chi connectivity index (χ0n) is 14.6. The van der Waals surface area contributed by atoms with Gasteiger partial charge in [-0.3, -0.25) is 9.59 Å². The molecule has 0 saturated carbocycles. The van der Waals surface area contributed by atoms with E-state index in [-0.39, 0.29) is 17.4 Å². The van der Waals surface area contributed by atoms with Gasteiger partial charge >= 0.3 is 0 Å². The Balaban J connectivity index is 1.49. The Bertz CT molecular complexity index is 1080. The van der Waals surface area contributed by atoms with Gasteiger partial charge in [-0.05, 0) is 31.4 Å². The molecular weight excluding hydrogens is 328 g/mol. The fraction of sp³-hybridized carbons (Fsp3) is 0.333. The van der Waals surface area contributed by atoms with E-state index in [2.05, 4.69) is 0 Å². The van der Waals surface area contributed by atoms with E-state index in [0.717, 1.165) is 28.6 Å². The minimum absolute atomic E-state index is 0.0415. The molecule has 5 rings (SSSR count). The molecule has 4 heterocycles. The van der Waals surface area contributed by atoms with Crippen LogP contribution in [0.15, 0.2) is 51.7 Å². The van der Waals surface area contributed by atoms with Crippen LogP contribution in [-0.4, -0.2) is 28.5 Å². The monoisotopic (exact) mass is 348 g/mol. The highest BCUT2D eigenvalue weighted by Crippen LogP contribution is 2.36. The molecule has 3 aromatic rings. The molecule has 5 heteroatoms. The predicted molar refractivity (Wildman–Crippen MR) is 98.4 cm³/mol. The summed E-state index contributed by atoms with van der Waals surface area (Å²) in [6.07, 6.45) is 1.03. The number of para-hydroxylation sites is 1. The molecule has 132 valence electrons. The topological polar surface area (TPSA) is 55.5 Å². The average molecular weight is 348 g/mol. The van der Waals surface area contributed by atoms with Crippen LogP contribution < -0.4 is 5.56 Å². The average Bonchev–Trinajstić information content (AvgIpc) is 2.99. The molecular formula is C21H20N2O3. The van der Waals surface area contributed by atoms with Gasteiger partial charge in [0.05, 0.1) is 0 Å². The lowest BCUT2D eigenvalue weighted by atomic mass is 9.83. The van der Waals surface area contributed by atoms with Crippen molar-refractivity contribution in [3.63, 3.8) is 0 Å². The van der Waals surface area contributed by atoms with Crippen LogP contribution in [0.1, 0.15) is 34.2 Å². The molecule has 0 N–H and O–H groups in total. The van der Waals surface area contributed by atoms with E-state index in [1.807, 2.05) is 52.8 Å². The van der Waals surface area contributed by atoms with Crippen molar-refractivity contribution in [2.24, 2.45) is 5.92 Å². The summed E-state index contributed by atoms with van der Waals surface area (Å²) < 4.78 is 7.76. The maximum atomic E-state index is 13.2. The maximum Gasteiger partial charge on any atom is 0.289 e. The number of aromatic nitrogens is 1. The largest absolute Gasteiger partial charge is 0.451 e. The second-order valence-electron chi connectivity index (χ2n) is 7.46. The highest BCUT2D eigenvalue weighted by molar-refractivity contribution is 5.99. The Labute approximate surface area is 150 Å². The number of benzene rings is 1. The van der Waals surface area contributed by atoms with E-state index in [4.69, 9.17) is 4.42 Å². The van der Waals surface area contributed by atoms with Gasteiger partial charge in [-0.25, -0.2) is 0 Å². The molecule has 26 heavy (non-hydrogen) atoms. The molecule has 0 spiro atoms. The molecule has 2 aliphatic rings. The van der Waals surface area contributed by atoms with Gasteiger partial charge < -0.3 is 13.9 Å². The van der Waals surface area contributed by atoms with Gasteiger partial charge in [-0.2, -0.15) is 0 Å². The molecule has 2 atom stereocenters. The fourth-order valence-corrected chi connectivity index (χ4v) is 4.58. The Morgan fingerprint density at radius 2 is 1.92 bits per heavy atom. The fourth-order valence-electron chi connectivity index (χ4n) is 4.58. The number of hydrogen-bond donors (Lipinski definition) is 0. The number of piperidine rings is 1. The van der Waals surface area contributed by atoms with Gasteiger partial charge in [0, 0.05) is 48.3 Å². The van der Waals surface area contributed by atoms with Crippen molar-refractivity contribution in [1.29, 1.82) is 0 Å². The predicted octanol–water partition coefficient (Wildman–Crippen LogP) is 3.16. The van der Waals surface area contributed by atoms with Crippen molar-refractivity contribution in [3.05, 3.63) is 69.8 Å². The summed E-state index contributed by atoms with van der Waals surface area (Å²) in [5.41, 5.74) is 2.76. The van der Waals surface area contributed by atoms with Crippen LogP contribution in [-0.2, 0) is 6.54 Å². The quantitative estimate of drug-likeness (QED) is 0.679. The summed E-state index contributed by atoms with van der Waals surface area (Å²) in [7, 11) is 0. The van der Waals surface area contributed by atoms with Crippen molar-refractivity contribution in [3.8, 4) is 0 Å². The summed E-state index contributed by atoms with van der Waals surface area (Å²) in [5, 5.41) is 0.991. The molecule has 2 unspecified atom stereocenters. The normalized spacial score (nSPS) is 21.7. The first-order valence-electron chi connectivity index (χ1n) is 9.09. The second-order valence-corrected chi connectivity index (χ2v) is 7.46. The molecule has 1 aromatic carbocycles. The number of furan rings is 1. The zero-order chi connectivity index (χ0) is 17.8. The lowest BCUT2D eigenvalue weighted by Crippen LogP contribution is -2.49. The van der Waals surface area contributed by atoms with Crippen LogP contribution in [0.3, 0.4) is 0 Å². The number of amides is 1. The SMILES string of the molecule is Cc1c(C(=O)N2CC3CC(C2)c2cccc(=O)n2C3)oc2ccccc12. The number of hydrogen-bond acceptors (Lipinski definition) is 3. The van der Waals surface area contributed by atoms with Gasteiger partial charge in [-0.1, -0.05) is 24.3 Å². The number of rotatable bonds is 1. The Morgan fingerprint density at radius 3 is 2.77 bits per heavy atom. The minimum Gasteiger partial charge on any atom is -0.451 e. The number of carbonyl (C=O) groups excluding carboxylic acids is 1. The van der Waals surface area contributed by atoms with Crippen molar-refractivity contribution in [1.82, 2.24) is 9.47 Å². The molecule has 1 fully saturated rings. The van der Waals surface area contributed by atoms with Gasteiger partial charge in [0.15, 0.2) is 5.76 Å². The van der Waals surface area contributed by atoms with Crippen LogP contribution in [0.5, 0.6) is 0 Å². The zero-order valence-corrected chi connectivity index (χ0v) is 14.6. The van der Waals surface area contributed by atoms with Gasteiger partial charge in [-0.15, -0.1) is 0 Å². The summed E-state index contributed by atoms with van der Waals surface area (Å²) in [4.78, 5) is 27.2. The minimum atomic E-state index is -0.0415. The number of carbonyl (C=O) groups is 1. The van der Waals surface area contributed by atoms with E-state index in [1.165, 1.54) is 0 Å². The molecule has 0 radical (unpaired) electrons. The molecule has 1 saturated heterocycles. The molecule has 5 nitrogen and oxygen atoms in total. The van der Waals surface area contributed by atoms with Gasteiger partial charge in [0.2, 0.25) is 0 Å². The first-order valence-corrected chi connectivity index (χ1v) is 9.09. The van der Waals surface area contributed by atoms with Crippen LogP contribution in [0, 0.1) is 12.8 Å². The van der Waals surface area contributed by atoms with E-state index < -0.39 is 0 Å².